The first-order valence-corrected chi connectivity index (χ1v) is 7.45. The van der Waals surface area contributed by atoms with Crippen LogP contribution < -0.4 is 10.5 Å². The molecule has 2 rings (SSSR count). The van der Waals surface area contributed by atoms with Crippen LogP contribution in [0.4, 0.5) is 0 Å². The second-order valence-corrected chi connectivity index (χ2v) is 6.52. The minimum Gasteiger partial charge on any atom is -0.491 e. The van der Waals surface area contributed by atoms with Gasteiger partial charge < -0.3 is 10.5 Å². The Labute approximate surface area is 129 Å². The number of nitrogens with two attached hydrogens (primary N) is 1. The lowest BCUT2D eigenvalue weighted by atomic mass is 10.0. The lowest BCUT2D eigenvalue weighted by molar-refractivity contribution is 0.235. The Bertz CT molecular complexity index is 533. The molecule has 0 spiro atoms. The average Bonchev–Trinajstić information content (AvgIpc) is 3.07. The van der Waals surface area contributed by atoms with E-state index in [1.165, 1.54) is 0 Å². The molecular weight excluding hydrogens is 295 g/mol. The van der Waals surface area contributed by atoms with Gasteiger partial charge >= 0.3 is 0 Å². The molecule has 5 heteroatoms. The van der Waals surface area contributed by atoms with Crippen LogP contribution in [0.1, 0.15) is 31.7 Å². The van der Waals surface area contributed by atoms with E-state index in [-0.39, 0.29) is 11.5 Å². The van der Waals surface area contributed by atoms with Crippen molar-refractivity contribution >= 4 is 23.2 Å². The monoisotopic (exact) mass is 312 g/mol. The predicted molar refractivity (Wildman–Crippen MR) is 81.2 cm³/mol. The van der Waals surface area contributed by atoms with E-state index in [1.807, 2.05) is 13.0 Å². The standard InChI is InChI=1S/C15H18Cl2N2O/c1-10(19)6-11-7-12(16)8-13(17)14(11)20-9-15(2-3-15)4-5-18/h7-8,10H,2-4,6,9,19H2,1H3. The van der Waals surface area contributed by atoms with Gasteiger partial charge in [-0.2, -0.15) is 5.26 Å². The van der Waals surface area contributed by atoms with Crippen molar-refractivity contribution in [2.45, 2.75) is 38.6 Å². The largest absolute Gasteiger partial charge is 0.491 e. The number of hydrogen-bond donors (Lipinski definition) is 1. The van der Waals surface area contributed by atoms with Crippen molar-refractivity contribution in [1.29, 1.82) is 5.26 Å². The summed E-state index contributed by atoms with van der Waals surface area (Å²) < 4.78 is 5.91. The van der Waals surface area contributed by atoms with Crippen molar-refractivity contribution < 1.29 is 4.74 Å². The predicted octanol–water partition coefficient (Wildman–Crippen LogP) is 3.96. The molecule has 1 fully saturated rings. The van der Waals surface area contributed by atoms with Crippen LogP contribution in [0.5, 0.6) is 5.75 Å². The first kappa shape index (κ1) is 15.4. The van der Waals surface area contributed by atoms with Gasteiger partial charge in [0, 0.05) is 22.9 Å². The van der Waals surface area contributed by atoms with Crippen LogP contribution in [-0.4, -0.2) is 12.6 Å². The molecular formula is C15H18Cl2N2O. The molecule has 108 valence electrons. The molecule has 0 aromatic heterocycles. The minimum absolute atomic E-state index is 0.000812. The van der Waals surface area contributed by atoms with Crippen molar-refractivity contribution in [3.05, 3.63) is 27.7 Å². The van der Waals surface area contributed by atoms with E-state index < -0.39 is 0 Å². The minimum atomic E-state index is 0.000812. The molecule has 3 nitrogen and oxygen atoms in total. The number of ether oxygens (including phenoxy) is 1. The van der Waals surface area contributed by atoms with Gasteiger partial charge in [0.25, 0.3) is 0 Å². The lowest BCUT2D eigenvalue weighted by Gasteiger charge is -2.18. The van der Waals surface area contributed by atoms with Crippen molar-refractivity contribution in [2.24, 2.45) is 11.1 Å². The highest BCUT2D eigenvalue weighted by Crippen LogP contribution is 2.49. The summed E-state index contributed by atoms with van der Waals surface area (Å²) in [5, 5.41) is 9.92. The van der Waals surface area contributed by atoms with Gasteiger partial charge in [-0.15, -0.1) is 0 Å². The van der Waals surface area contributed by atoms with E-state index in [2.05, 4.69) is 6.07 Å². The summed E-state index contributed by atoms with van der Waals surface area (Å²) in [4.78, 5) is 0. The SMILES string of the molecule is CC(N)Cc1cc(Cl)cc(Cl)c1OCC1(CC#N)CC1. The molecule has 1 aliphatic rings. The maximum Gasteiger partial charge on any atom is 0.141 e. The summed E-state index contributed by atoms with van der Waals surface area (Å²) >= 11 is 12.3. The number of hydrogen-bond acceptors (Lipinski definition) is 3. The van der Waals surface area contributed by atoms with Gasteiger partial charge in [0.2, 0.25) is 0 Å². The van der Waals surface area contributed by atoms with Crippen LogP contribution in [-0.2, 0) is 6.42 Å². The Morgan fingerprint density at radius 2 is 2.15 bits per heavy atom. The van der Waals surface area contributed by atoms with Crippen molar-refractivity contribution in [1.82, 2.24) is 0 Å². The second-order valence-electron chi connectivity index (χ2n) is 5.68. The van der Waals surface area contributed by atoms with Crippen molar-refractivity contribution in [3.63, 3.8) is 0 Å². The zero-order valence-electron chi connectivity index (χ0n) is 11.5. The van der Waals surface area contributed by atoms with Crippen LogP contribution in [0, 0.1) is 16.7 Å². The zero-order chi connectivity index (χ0) is 14.8. The first-order chi connectivity index (χ1) is 9.46. The van der Waals surface area contributed by atoms with Gasteiger partial charge in [0.15, 0.2) is 0 Å². The van der Waals surface area contributed by atoms with E-state index in [4.69, 9.17) is 38.9 Å². The number of halogens is 2. The normalized spacial score (nSPS) is 17.4. The molecule has 0 heterocycles. The fourth-order valence-electron chi connectivity index (χ4n) is 2.22. The van der Waals surface area contributed by atoms with E-state index >= 15 is 0 Å². The highest BCUT2D eigenvalue weighted by molar-refractivity contribution is 6.35. The van der Waals surface area contributed by atoms with Crippen molar-refractivity contribution in [3.8, 4) is 11.8 Å². The molecule has 1 aliphatic carbocycles. The van der Waals surface area contributed by atoms with Crippen LogP contribution in [0.3, 0.4) is 0 Å². The number of rotatable bonds is 6. The Hall–Kier alpha value is -0.950. The number of benzene rings is 1. The molecule has 1 aromatic carbocycles. The van der Waals surface area contributed by atoms with Crippen LogP contribution >= 0.6 is 23.2 Å². The van der Waals surface area contributed by atoms with Crippen LogP contribution in [0.25, 0.3) is 0 Å². The maximum atomic E-state index is 8.84. The zero-order valence-corrected chi connectivity index (χ0v) is 13.0. The Morgan fingerprint density at radius 3 is 2.70 bits per heavy atom. The molecule has 0 amide bonds. The molecule has 0 saturated heterocycles. The molecule has 20 heavy (non-hydrogen) atoms. The summed E-state index contributed by atoms with van der Waals surface area (Å²) in [5.74, 6) is 0.651. The molecule has 1 unspecified atom stereocenters. The highest BCUT2D eigenvalue weighted by atomic mass is 35.5. The van der Waals surface area contributed by atoms with Crippen molar-refractivity contribution in [2.75, 3.05) is 6.61 Å². The Balaban J connectivity index is 2.15. The fraction of sp³-hybridized carbons (Fsp3) is 0.533. The Morgan fingerprint density at radius 1 is 1.45 bits per heavy atom. The van der Waals surface area contributed by atoms with Gasteiger partial charge in [0.1, 0.15) is 5.75 Å². The first-order valence-electron chi connectivity index (χ1n) is 6.69. The van der Waals surface area contributed by atoms with Gasteiger partial charge in [-0.3, -0.25) is 0 Å². The highest BCUT2D eigenvalue weighted by Gasteiger charge is 2.43. The second kappa shape index (κ2) is 6.22. The molecule has 0 radical (unpaired) electrons. The van der Waals surface area contributed by atoms with E-state index in [1.54, 1.807) is 6.07 Å². The summed E-state index contributed by atoms with van der Waals surface area (Å²) in [7, 11) is 0. The molecule has 1 atom stereocenters. The molecule has 0 bridgehead atoms. The number of nitriles is 1. The smallest absolute Gasteiger partial charge is 0.141 e. The van der Waals surface area contributed by atoms with E-state index in [0.29, 0.717) is 35.2 Å². The topological polar surface area (TPSA) is 59.0 Å². The van der Waals surface area contributed by atoms with Crippen LogP contribution in [0.15, 0.2) is 12.1 Å². The molecule has 1 saturated carbocycles. The Kier molecular flexibility index (Phi) is 4.80. The van der Waals surface area contributed by atoms with Gasteiger partial charge in [-0.05, 0) is 43.9 Å². The molecule has 2 N–H and O–H groups in total. The van der Waals surface area contributed by atoms with E-state index in [9.17, 15) is 0 Å². The fourth-order valence-corrected chi connectivity index (χ4v) is 2.81. The van der Waals surface area contributed by atoms with Gasteiger partial charge in [-0.1, -0.05) is 23.2 Å². The summed E-state index contributed by atoms with van der Waals surface area (Å²) in [6.07, 6.45) is 3.25. The summed E-state index contributed by atoms with van der Waals surface area (Å²) in [5.41, 5.74) is 6.79. The number of nitrogens with zero attached hydrogens (tertiary/aromatic N) is 1. The van der Waals surface area contributed by atoms with Gasteiger partial charge in [-0.25, -0.2) is 0 Å². The average molecular weight is 313 g/mol. The third kappa shape index (κ3) is 3.79. The van der Waals surface area contributed by atoms with E-state index in [0.717, 1.165) is 18.4 Å². The molecule has 0 aliphatic heterocycles. The maximum absolute atomic E-state index is 8.84. The quantitative estimate of drug-likeness (QED) is 0.865. The summed E-state index contributed by atoms with van der Waals surface area (Å²) in [6.45, 7) is 2.45. The van der Waals surface area contributed by atoms with Gasteiger partial charge in [0.05, 0.1) is 17.7 Å². The summed E-state index contributed by atoms with van der Waals surface area (Å²) in [6, 6.07) is 5.74. The lowest BCUT2D eigenvalue weighted by Crippen LogP contribution is -2.19. The molecule has 1 aromatic rings. The third-order valence-electron chi connectivity index (χ3n) is 3.56. The van der Waals surface area contributed by atoms with Crippen LogP contribution in [0.2, 0.25) is 10.0 Å². The third-order valence-corrected chi connectivity index (χ3v) is 4.06.